The number of nitrogens with two attached hydrogens (primary N) is 1. The molecule has 1 aliphatic rings. The maximum atomic E-state index is 12.0. The van der Waals surface area contributed by atoms with Crippen molar-refractivity contribution in [2.45, 2.75) is 19.9 Å². The van der Waals surface area contributed by atoms with E-state index in [1.54, 1.807) is 4.90 Å². The predicted octanol–water partition coefficient (Wildman–Crippen LogP) is -0.713. The number of hydrogen-bond acceptors (Lipinski definition) is 5. The highest BCUT2D eigenvalue weighted by molar-refractivity contribution is 5.82. The summed E-state index contributed by atoms with van der Waals surface area (Å²) in [7, 11) is 1.38. The van der Waals surface area contributed by atoms with Gasteiger partial charge >= 0.3 is 5.97 Å². The molecule has 0 aromatic carbocycles. The molecular weight excluding hydrogens is 234 g/mol. The lowest BCUT2D eigenvalue weighted by atomic mass is 10.0. The van der Waals surface area contributed by atoms with Crippen LogP contribution in [0.5, 0.6) is 0 Å². The molecule has 1 rings (SSSR count). The first-order valence-electron chi connectivity index (χ1n) is 6.29. The molecule has 6 heteroatoms. The zero-order valence-corrected chi connectivity index (χ0v) is 11.4. The Morgan fingerprint density at radius 3 is 2.22 bits per heavy atom. The number of ether oxygens (including phenoxy) is 1. The highest BCUT2D eigenvalue weighted by Crippen LogP contribution is 2.07. The molecule has 1 amide bonds. The second-order valence-electron chi connectivity index (χ2n) is 4.95. The Bertz CT molecular complexity index is 299. The van der Waals surface area contributed by atoms with Gasteiger partial charge in [-0.25, -0.2) is 0 Å². The number of esters is 1. The third kappa shape index (κ3) is 3.96. The minimum atomic E-state index is -0.433. The van der Waals surface area contributed by atoms with Crippen LogP contribution in [0, 0.1) is 5.92 Å². The molecule has 0 spiro atoms. The van der Waals surface area contributed by atoms with Gasteiger partial charge in [-0.15, -0.1) is 0 Å². The Labute approximate surface area is 108 Å². The van der Waals surface area contributed by atoms with Gasteiger partial charge in [0.25, 0.3) is 0 Å². The van der Waals surface area contributed by atoms with Crippen LogP contribution in [0.3, 0.4) is 0 Å². The fourth-order valence-electron chi connectivity index (χ4n) is 1.87. The van der Waals surface area contributed by atoms with Crippen molar-refractivity contribution >= 4 is 11.9 Å². The Morgan fingerprint density at radius 1 is 1.22 bits per heavy atom. The molecule has 1 aliphatic heterocycles. The van der Waals surface area contributed by atoms with Crippen LogP contribution < -0.4 is 5.73 Å². The summed E-state index contributed by atoms with van der Waals surface area (Å²) < 4.78 is 4.62. The molecule has 0 saturated carbocycles. The van der Waals surface area contributed by atoms with Crippen LogP contribution in [0.2, 0.25) is 0 Å². The summed E-state index contributed by atoms with van der Waals surface area (Å²) in [4.78, 5) is 26.9. The van der Waals surface area contributed by atoms with Crippen molar-refractivity contribution in [3.63, 3.8) is 0 Å². The van der Waals surface area contributed by atoms with Crippen LogP contribution in [0.25, 0.3) is 0 Å². The van der Waals surface area contributed by atoms with Gasteiger partial charge < -0.3 is 15.4 Å². The van der Waals surface area contributed by atoms with Crippen molar-refractivity contribution in [1.29, 1.82) is 0 Å². The summed E-state index contributed by atoms with van der Waals surface area (Å²) in [6, 6.07) is -0.433. The number of amides is 1. The van der Waals surface area contributed by atoms with E-state index >= 15 is 0 Å². The number of methoxy groups -OCH3 is 1. The van der Waals surface area contributed by atoms with Gasteiger partial charge in [-0.2, -0.15) is 0 Å². The lowest BCUT2D eigenvalue weighted by Gasteiger charge is -2.35. The van der Waals surface area contributed by atoms with E-state index in [-0.39, 0.29) is 24.3 Å². The molecule has 1 fully saturated rings. The Kier molecular flexibility index (Phi) is 5.55. The molecule has 1 saturated heterocycles. The number of piperazine rings is 1. The van der Waals surface area contributed by atoms with Gasteiger partial charge in [-0.05, 0) is 5.92 Å². The minimum Gasteiger partial charge on any atom is -0.468 e. The fourth-order valence-corrected chi connectivity index (χ4v) is 1.87. The maximum absolute atomic E-state index is 12.0. The van der Waals surface area contributed by atoms with E-state index in [4.69, 9.17) is 5.73 Å². The van der Waals surface area contributed by atoms with Crippen LogP contribution >= 0.6 is 0 Å². The summed E-state index contributed by atoms with van der Waals surface area (Å²) in [6.45, 7) is 6.78. The van der Waals surface area contributed by atoms with E-state index in [0.717, 1.165) is 0 Å². The first kappa shape index (κ1) is 14.9. The molecule has 0 aliphatic carbocycles. The number of carbonyl (C=O) groups excluding carboxylic acids is 2. The third-order valence-corrected chi connectivity index (χ3v) is 3.27. The quantitative estimate of drug-likeness (QED) is 0.673. The van der Waals surface area contributed by atoms with E-state index in [9.17, 15) is 9.59 Å². The second kappa shape index (κ2) is 6.70. The van der Waals surface area contributed by atoms with E-state index in [1.807, 2.05) is 18.7 Å². The summed E-state index contributed by atoms with van der Waals surface area (Å²) in [6.07, 6.45) is 0. The summed E-state index contributed by atoms with van der Waals surface area (Å²) in [5, 5.41) is 0. The highest BCUT2D eigenvalue weighted by Gasteiger charge is 2.27. The third-order valence-electron chi connectivity index (χ3n) is 3.27. The zero-order valence-electron chi connectivity index (χ0n) is 11.4. The average Bonchev–Trinajstić information content (AvgIpc) is 2.37. The molecule has 1 heterocycles. The summed E-state index contributed by atoms with van der Waals surface area (Å²) in [5.74, 6) is -0.0954. The van der Waals surface area contributed by atoms with Gasteiger partial charge in [-0.1, -0.05) is 13.8 Å². The van der Waals surface area contributed by atoms with Crippen LogP contribution in [0.1, 0.15) is 13.8 Å². The van der Waals surface area contributed by atoms with E-state index in [0.29, 0.717) is 26.2 Å². The average molecular weight is 257 g/mol. The van der Waals surface area contributed by atoms with Gasteiger partial charge in [0.15, 0.2) is 0 Å². The summed E-state index contributed by atoms with van der Waals surface area (Å²) >= 11 is 0. The largest absolute Gasteiger partial charge is 0.468 e. The van der Waals surface area contributed by atoms with E-state index < -0.39 is 6.04 Å². The van der Waals surface area contributed by atoms with Crippen molar-refractivity contribution in [2.24, 2.45) is 11.7 Å². The Morgan fingerprint density at radius 2 is 1.78 bits per heavy atom. The van der Waals surface area contributed by atoms with Crippen molar-refractivity contribution in [2.75, 3.05) is 39.8 Å². The molecule has 0 radical (unpaired) electrons. The minimum absolute atomic E-state index is 0.00252. The lowest BCUT2D eigenvalue weighted by molar-refractivity contribution is -0.143. The van der Waals surface area contributed by atoms with Crippen LogP contribution in [-0.2, 0) is 14.3 Å². The molecule has 2 N–H and O–H groups in total. The van der Waals surface area contributed by atoms with E-state index in [1.165, 1.54) is 7.11 Å². The number of hydrogen-bond donors (Lipinski definition) is 1. The zero-order chi connectivity index (χ0) is 13.7. The molecule has 104 valence electrons. The normalized spacial score (nSPS) is 18.8. The van der Waals surface area contributed by atoms with Gasteiger partial charge in [0, 0.05) is 26.2 Å². The Balaban J connectivity index is 2.39. The van der Waals surface area contributed by atoms with Gasteiger partial charge in [0.1, 0.15) is 0 Å². The maximum Gasteiger partial charge on any atom is 0.319 e. The fraction of sp³-hybridized carbons (Fsp3) is 0.833. The highest BCUT2D eigenvalue weighted by atomic mass is 16.5. The molecule has 0 unspecified atom stereocenters. The molecule has 0 bridgehead atoms. The van der Waals surface area contributed by atoms with Crippen molar-refractivity contribution in [3.8, 4) is 0 Å². The van der Waals surface area contributed by atoms with Crippen LogP contribution in [0.15, 0.2) is 0 Å². The first-order chi connectivity index (χ1) is 8.45. The Hall–Kier alpha value is -1.14. The number of nitrogens with zero attached hydrogens (tertiary/aromatic N) is 2. The number of rotatable bonds is 4. The predicted molar refractivity (Wildman–Crippen MR) is 67.8 cm³/mol. The standard InChI is InChI=1S/C12H23N3O3/c1-9(2)11(13)12(17)15-6-4-14(5-7-15)8-10(16)18-3/h9,11H,4-8,13H2,1-3H3/t11-/m1/s1. The topological polar surface area (TPSA) is 75.9 Å². The molecule has 18 heavy (non-hydrogen) atoms. The lowest BCUT2D eigenvalue weighted by Crippen LogP contribution is -2.54. The molecule has 0 aromatic heterocycles. The van der Waals surface area contributed by atoms with E-state index in [2.05, 4.69) is 4.74 Å². The van der Waals surface area contributed by atoms with Crippen molar-refractivity contribution in [3.05, 3.63) is 0 Å². The summed E-state index contributed by atoms with van der Waals surface area (Å²) in [5.41, 5.74) is 5.85. The van der Waals surface area contributed by atoms with Crippen LogP contribution in [0.4, 0.5) is 0 Å². The van der Waals surface area contributed by atoms with Gasteiger partial charge in [-0.3, -0.25) is 14.5 Å². The molecular formula is C12H23N3O3. The first-order valence-corrected chi connectivity index (χ1v) is 6.29. The van der Waals surface area contributed by atoms with Crippen LogP contribution in [-0.4, -0.2) is 67.6 Å². The second-order valence-corrected chi connectivity index (χ2v) is 4.95. The van der Waals surface area contributed by atoms with Crippen molar-refractivity contribution in [1.82, 2.24) is 9.80 Å². The molecule has 1 atom stereocenters. The van der Waals surface area contributed by atoms with Gasteiger partial charge in [0.05, 0.1) is 19.7 Å². The number of carbonyl (C=O) groups is 2. The van der Waals surface area contributed by atoms with Crippen molar-refractivity contribution < 1.29 is 14.3 Å². The van der Waals surface area contributed by atoms with Gasteiger partial charge in [0.2, 0.25) is 5.91 Å². The molecule has 6 nitrogen and oxygen atoms in total. The molecule has 0 aromatic rings. The monoisotopic (exact) mass is 257 g/mol. The smallest absolute Gasteiger partial charge is 0.319 e. The SMILES string of the molecule is COC(=O)CN1CCN(C(=O)[C@H](N)C(C)C)CC1.